The van der Waals surface area contributed by atoms with Crippen LogP contribution in [-0.4, -0.2) is 29.6 Å². The van der Waals surface area contributed by atoms with Gasteiger partial charge >= 0.3 is 5.97 Å². The minimum atomic E-state index is -1.70. The summed E-state index contributed by atoms with van der Waals surface area (Å²) in [4.78, 5) is 24.7. The first kappa shape index (κ1) is 15.4. The second-order valence-electron chi connectivity index (χ2n) is 5.47. The van der Waals surface area contributed by atoms with Crippen LogP contribution >= 0.6 is 0 Å². The van der Waals surface area contributed by atoms with Crippen molar-refractivity contribution in [1.82, 2.24) is 0 Å². The van der Waals surface area contributed by atoms with Crippen LogP contribution in [0.3, 0.4) is 0 Å². The highest BCUT2D eigenvalue weighted by Gasteiger charge is 2.51. The molecule has 2 rings (SSSR count). The van der Waals surface area contributed by atoms with E-state index in [0.717, 1.165) is 0 Å². The van der Waals surface area contributed by atoms with Crippen molar-refractivity contribution >= 4 is 11.8 Å². The molecule has 0 bridgehead atoms. The molecule has 0 radical (unpaired) electrons. The van der Waals surface area contributed by atoms with Crippen LogP contribution < -0.4 is 0 Å². The fourth-order valence-electron chi connectivity index (χ4n) is 2.95. The van der Waals surface area contributed by atoms with Crippen molar-refractivity contribution in [3.8, 4) is 0 Å². The number of ether oxygens (including phenoxy) is 1. The Morgan fingerprint density at radius 1 is 1.38 bits per heavy atom. The molecule has 1 aliphatic rings. The lowest BCUT2D eigenvalue weighted by atomic mass is 9.68. The van der Waals surface area contributed by atoms with Gasteiger partial charge in [0.15, 0.2) is 5.78 Å². The number of esters is 1. The van der Waals surface area contributed by atoms with Gasteiger partial charge < -0.3 is 9.84 Å². The molecule has 0 spiro atoms. The Hall–Kier alpha value is -1.94. The summed E-state index contributed by atoms with van der Waals surface area (Å²) in [5.74, 6) is -1.71. The van der Waals surface area contributed by atoms with Crippen LogP contribution in [0.5, 0.6) is 0 Å². The molecule has 4 nitrogen and oxygen atoms in total. The van der Waals surface area contributed by atoms with Gasteiger partial charge in [-0.05, 0) is 25.2 Å². The Morgan fingerprint density at radius 3 is 2.62 bits per heavy atom. The maximum absolute atomic E-state index is 12.7. The van der Waals surface area contributed by atoms with E-state index in [2.05, 4.69) is 6.58 Å². The van der Waals surface area contributed by atoms with E-state index in [0.29, 0.717) is 18.4 Å². The highest BCUT2D eigenvalue weighted by Crippen LogP contribution is 2.40. The molecule has 1 aromatic rings. The molecule has 3 unspecified atom stereocenters. The molecule has 0 aromatic heterocycles. The molecule has 1 saturated carbocycles. The van der Waals surface area contributed by atoms with Crippen LogP contribution in [0.2, 0.25) is 0 Å². The largest absolute Gasteiger partial charge is 0.469 e. The predicted molar refractivity (Wildman–Crippen MR) is 78.8 cm³/mol. The number of carbonyl (C=O) groups excluding carboxylic acids is 2. The second-order valence-corrected chi connectivity index (χ2v) is 5.47. The van der Waals surface area contributed by atoms with Crippen molar-refractivity contribution in [3.05, 3.63) is 48.6 Å². The van der Waals surface area contributed by atoms with E-state index in [9.17, 15) is 14.7 Å². The lowest BCUT2D eigenvalue weighted by Gasteiger charge is -2.39. The van der Waals surface area contributed by atoms with E-state index in [4.69, 9.17) is 4.74 Å². The van der Waals surface area contributed by atoms with Crippen molar-refractivity contribution in [2.75, 3.05) is 7.11 Å². The van der Waals surface area contributed by atoms with E-state index in [1.807, 2.05) is 0 Å². The molecule has 1 aliphatic carbocycles. The van der Waals surface area contributed by atoms with Crippen molar-refractivity contribution in [2.45, 2.75) is 24.9 Å². The number of carbonyl (C=O) groups is 2. The molecule has 1 fully saturated rings. The minimum Gasteiger partial charge on any atom is -0.469 e. The van der Waals surface area contributed by atoms with Gasteiger partial charge in [-0.25, -0.2) is 0 Å². The normalized spacial score (nSPS) is 28.7. The number of Topliss-reactive ketones (excluding diaryl/α,β-unsaturated/α-hetero) is 1. The van der Waals surface area contributed by atoms with E-state index in [1.54, 1.807) is 36.4 Å². The summed E-state index contributed by atoms with van der Waals surface area (Å²) in [7, 11) is 1.27. The third-order valence-corrected chi connectivity index (χ3v) is 4.26. The molecule has 0 heterocycles. The van der Waals surface area contributed by atoms with Gasteiger partial charge in [-0.1, -0.05) is 36.4 Å². The maximum Gasteiger partial charge on any atom is 0.312 e. The Labute approximate surface area is 124 Å². The quantitative estimate of drug-likeness (QED) is 0.525. The van der Waals surface area contributed by atoms with Crippen LogP contribution in [0.25, 0.3) is 0 Å². The first-order valence-electron chi connectivity index (χ1n) is 7.05. The van der Waals surface area contributed by atoms with E-state index in [-0.39, 0.29) is 12.3 Å². The molecule has 3 atom stereocenters. The number of ketones is 1. The van der Waals surface area contributed by atoms with Crippen molar-refractivity contribution in [2.24, 2.45) is 11.8 Å². The summed E-state index contributed by atoms with van der Waals surface area (Å²) in [5, 5.41) is 10.9. The monoisotopic (exact) mass is 288 g/mol. The zero-order chi connectivity index (χ0) is 15.5. The van der Waals surface area contributed by atoms with Crippen molar-refractivity contribution < 1.29 is 19.4 Å². The first-order valence-corrected chi connectivity index (χ1v) is 7.05. The van der Waals surface area contributed by atoms with Crippen molar-refractivity contribution in [1.29, 1.82) is 0 Å². The Bertz CT molecular complexity index is 537. The standard InChI is InChI=1S/C17H20O4/c1-3-12-9-10-17(20,14(11-12)16(19)21-2)15(18)13-7-5-4-6-8-13/h3-8,12,14,20H,1,9-11H2,2H3. The average Bonchev–Trinajstić information content (AvgIpc) is 2.54. The first-order chi connectivity index (χ1) is 10.0. The van der Waals surface area contributed by atoms with Gasteiger partial charge in [0.25, 0.3) is 0 Å². The summed E-state index contributed by atoms with van der Waals surface area (Å²) in [6.45, 7) is 3.74. The molecule has 0 aliphatic heterocycles. The zero-order valence-electron chi connectivity index (χ0n) is 12.1. The topological polar surface area (TPSA) is 63.6 Å². The van der Waals surface area contributed by atoms with E-state index >= 15 is 0 Å². The highest BCUT2D eigenvalue weighted by atomic mass is 16.5. The second kappa shape index (κ2) is 6.22. The molecule has 0 saturated heterocycles. The van der Waals surface area contributed by atoms with Gasteiger partial charge in [-0.2, -0.15) is 0 Å². The summed E-state index contributed by atoms with van der Waals surface area (Å²) in [6.07, 6.45) is 3.01. The fourth-order valence-corrected chi connectivity index (χ4v) is 2.95. The van der Waals surface area contributed by atoms with Gasteiger partial charge in [0.1, 0.15) is 5.60 Å². The van der Waals surface area contributed by atoms with E-state index in [1.165, 1.54) is 7.11 Å². The van der Waals surface area contributed by atoms with Gasteiger partial charge in [0.2, 0.25) is 0 Å². The van der Waals surface area contributed by atoms with Crippen LogP contribution in [-0.2, 0) is 9.53 Å². The maximum atomic E-state index is 12.7. The Balaban J connectivity index is 2.35. The lowest BCUT2D eigenvalue weighted by molar-refractivity contribution is -0.156. The highest BCUT2D eigenvalue weighted by molar-refractivity contribution is 6.04. The summed E-state index contributed by atoms with van der Waals surface area (Å²) in [6, 6.07) is 8.56. The number of rotatable bonds is 4. The van der Waals surface area contributed by atoms with Gasteiger partial charge in [0.05, 0.1) is 13.0 Å². The molecule has 4 heteroatoms. The molecule has 21 heavy (non-hydrogen) atoms. The molecule has 1 aromatic carbocycles. The summed E-state index contributed by atoms with van der Waals surface area (Å²) in [5.41, 5.74) is -1.29. The molecule has 1 N–H and O–H groups in total. The number of methoxy groups -OCH3 is 1. The summed E-state index contributed by atoms with van der Waals surface area (Å²) < 4.78 is 4.78. The van der Waals surface area contributed by atoms with Crippen molar-refractivity contribution in [3.63, 3.8) is 0 Å². The van der Waals surface area contributed by atoms with Crippen LogP contribution in [0, 0.1) is 11.8 Å². The number of hydrogen-bond acceptors (Lipinski definition) is 4. The summed E-state index contributed by atoms with van der Waals surface area (Å²) >= 11 is 0. The molecular weight excluding hydrogens is 268 g/mol. The number of benzene rings is 1. The SMILES string of the molecule is C=CC1CCC(O)(C(=O)c2ccccc2)C(C(=O)OC)C1. The fraction of sp³-hybridized carbons (Fsp3) is 0.412. The minimum absolute atomic E-state index is 0.109. The smallest absolute Gasteiger partial charge is 0.312 e. The van der Waals surface area contributed by atoms with Crippen LogP contribution in [0.1, 0.15) is 29.6 Å². The molecule has 0 amide bonds. The molecule has 112 valence electrons. The van der Waals surface area contributed by atoms with Gasteiger partial charge in [-0.3, -0.25) is 9.59 Å². The average molecular weight is 288 g/mol. The third kappa shape index (κ3) is 2.90. The predicted octanol–water partition coefficient (Wildman–Crippen LogP) is 2.38. The zero-order valence-corrected chi connectivity index (χ0v) is 12.1. The Morgan fingerprint density at radius 2 is 2.05 bits per heavy atom. The van der Waals surface area contributed by atoms with Gasteiger partial charge in [-0.15, -0.1) is 6.58 Å². The molecular formula is C17H20O4. The Kier molecular flexibility index (Phi) is 4.58. The number of aliphatic hydroxyl groups is 1. The van der Waals surface area contributed by atoms with E-state index < -0.39 is 23.3 Å². The third-order valence-electron chi connectivity index (χ3n) is 4.26. The van der Waals surface area contributed by atoms with Crippen LogP contribution in [0.15, 0.2) is 43.0 Å². The number of hydrogen-bond donors (Lipinski definition) is 1. The van der Waals surface area contributed by atoms with Crippen LogP contribution in [0.4, 0.5) is 0 Å². The van der Waals surface area contributed by atoms with Gasteiger partial charge in [0, 0.05) is 5.56 Å². The lowest BCUT2D eigenvalue weighted by Crippen LogP contribution is -2.52. The number of allylic oxidation sites excluding steroid dienone is 1.